The molecule has 0 fully saturated rings. The molecule has 2 aromatic rings. The second kappa shape index (κ2) is 2.72. The largest absolute Gasteiger partial charge is 0.497 e. The first kappa shape index (κ1) is 7.50. The van der Waals surface area contributed by atoms with E-state index in [4.69, 9.17) is 16.3 Å². The van der Waals surface area contributed by atoms with E-state index >= 15 is 0 Å². The van der Waals surface area contributed by atoms with E-state index in [-0.39, 0.29) is 0 Å². The molecular formula is C9H7ClNO. The number of methoxy groups -OCH3 is 1. The van der Waals surface area contributed by atoms with E-state index in [1.54, 1.807) is 19.4 Å². The molecule has 1 radical (unpaired) electrons. The highest BCUT2D eigenvalue weighted by atomic mass is 35.5. The lowest BCUT2D eigenvalue weighted by atomic mass is 10.2. The predicted octanol–water partition coefficient (Wildman–Crippen LogP) is 2.63. The molecule has 0 atom stereocenters. The van der Waals surface area contributed by atoms with Gasteiger partial charge in [0.05, 0.1) is 17.6 Å². The van der Waals surface area contributed by atoms with Gasteiger partial charge in [0.1, 0.15) is 5.75 Å². The summed E-state index contributed by atoms with van der Waals surface area (Å²) in [5, 5.41) is 1.56. The zero-order valence-corrected chi connectivity index (χ0v) is 7.27. The molecule has 0 unspecified atom stereocenters. The number of rotatable bonds is 1. The Balaban J connectivity index is 2.75. The Hall–Kier alpha value is -1.15. The van der Waals surface area contributed by atoms with Crippen LogP contribution >= 0.6 is 11.6 Å². The summed E-state index contributed by atoms with van der Waals surface area (Å²) in [7, 11) is 1.62. The Kier molecular flexibility index (Phi) is 1.70. The molecule has 0 saturated heterocycles. The predicted molar refractivity (Wildman–Crippen MR) is 48.7 cm³/mol. The average molecular weight is 181 g/mol. The molecular weight excluding hydrogens is 174 g/mol. The highest BCUT2D eigenvalue weighted by Crippen LogP contribution is 2.27. The highest BCUT2D eigenvalue weighted by molar-refractivity contribution is 6.35. The number of fused-ring (bicyclic) bond motifs is 1. The summed E-state index contributed by atoms with van der Waals surface area (Å²) in [5.74, 6) is 0.753. The van der Waals surface area contributed by atoms with Crippen molar-refractivity contribution in [3.63, 3.8) is 0 Å². The van der Waals surface area contributed by atoms with E-state index in [0.717, 1.165) is 16.7 Å². The number of aromatic nitrogens is 1. The number of hydrogen-bond donors (Lipinski definition) is 1. The van der Waals surface area contributed by atoms with Crippen molar-refractivity contribution >= 4 is 22.5 Å². The molecule has 0 aliphatic heterocycles. The molecule has 61 valence electrons. The van der Waals surface area contributed by atoms with Gasteiger partial charge in [-0.15, -0.1) is 0 Å². The SMILES string of the molecule is COc1cc(Cl)c2[c]c[nH]c2c1. The zero-order chi connectivity index (χ0) is 8.55. The quantitative estimate of drug-likeness (QED) is 0.717. The van der Waals surface area contributed by atoms with E-state index < -0.39 is 0 Å². The Morgan fingerprint density at radius 2 is 2.33 bits per heavy atom. The Morgan fingerprint density at radius 3 is 3.08 bits per heavy atom. The van der Waals surface area contributed by atoms with Crippen molar-refractivity contribution in [3.8, 4) is 5.75 Å². The number of benzene rings is 1. The van der Waals surface area contributed by atoms with Crippen molar-refractivity contribution in [2.75, 3.05) is 7.11 Å². The van der Waals surface area contributed by atoms with E-state index in [1.807, 2.05) is 6.07 Å². The highest BCUT2D eigenvalue weighted by Gasteiger charge is 2.02. The third kappa shape index (κ3) is 1.04. The summed E-state index contributed by atoms with van der Waals surface area (Å²) in [6.45, 7) is 0. The molecule has 1 aromatic carbocycles. The summed E-state index contributed by atoms with van der Waals surface area (Å²) in [6.07, 6.45) is 1.73. The third-order valence-corrected chi connectivity index (χ3v) is 2.04. The topological polar surface area (TPSA) is 25.0 Å². The number of halogens is 1. The lowest BCUT2D eigenvalue weighted by molar-refractivity contribution is 0.415. The molecule has 0 bridgehead atoms. The van der Waals surface area contributed by atoms with Gasteiger partial charge in [-0.25, -0.2) is 0 Å². The summed E-state index contributed by atoms with van der Waals surface area (Å²) in [5.41, 5.74) is 0.944. The number of hydrogen-bond acceptors (Lipinski definition) is 1. The summed E-state index contributed by atoms with van der Waals surface area (Å²) in [4.78, 5) is 3.02. The van der Waals surface area contributed by atoms with Crippen LogP contribution in [0.4, 0.5) is 0 Å². The van der Waals surface area contributed by atoms with Gasteiger partial charge in [-0.3, -0.25) is 0 Å². The van der Waals surface area contributed by atoms with E-state index in [9.17, 15) is 0 Å². The Morgan fingerprint density at radius 1 is 1.50 bits per heavy atom. The lowest BCUT2D eigenvalue weighted by Gasteiger charge is -2.00. The summed E-state index contributed by atoms with van der Waals surface area (Å²) < 4.78 is 5.05. The maximum absolute atomic E-state index is 5.95. The maximum Gasteiger partial charge on any atom is 0.122 e. The average Bonchev–Trinajstić information content (AvgIpc) is 2.52. The zero-order valence-electron chi connectivity index (χ0n) is 6.52. The molecule has 0 amide bonds. The van der Waals surface area contributed by atoms with E-state index in [0.29, 0.717) is 5.02 Å². The van der Waals surface area contributed by atoms with Crippen LogP contribution in [-0.4, -0.2) is 12.1 Å². The fourth-order valence-electron chi connectivity index (χ4n) is 1.15. The van der Waals surface area contributed by atoms with Crippen molar-refractivity contribution in [2.45, 2.75) is 0 Å². The molecule has 0 spiro atoms. The van der Waals surface area contributed by atoms with Gasteiger partial charge in [0.2, 0.25) is 0 Å². The van der Waals surface area contributed by atoms with Crippen LogP contribution < -0.4 is 4.74 Å². The molecule has 1 N–H and O–H groups in total. The fourth-order valence-corrected chi connectivity index (χ4v) is 1.41. The molecule has 12 heavy (non-hydrogen) atoms. The van der Waals surface area contributed by atoms with E-state index in [2.05, 4.69) is 11.1 Å². The maximum atomic E-state index is 5.95. The van der Waals surface area contributed by atoms with Crippen LogP contribution in [0.25, 0.3) is 10.9 Å². The summed E-state index contributed by atoms with van der Waals surface area (Å²) >= 11 is 5.95. The fraction of sp³-hybridized carbons (Fsp3) is 0.111. The van der Waals surface area contributed by atoms with Gasteiger partial charge in [0.15, 0.2) is 0 Å². The van der Waals surface area contributed by atoms with E-state index in [1.165, 1.54) is 0 Å². The molecule has 3 heteroatoms. The minimum absolute atomic E-state index is 0.658. The minimum atomic E-state index is 0.658. The molecule has 2 nitrogen and oxygen atoms in total. The van der Waals surface area contributed by atoms with Crippen LogP contribution in [-0.2, 0) is 0 Å². The molecule has 1 heterocycles. The number of nitrogens with one attached hydrogen (secondary N) is 1. The van der Waals surface area contributed by atoms with Crippen molar-refractivity contribution in [2.24, 2.45) is 0 Å². The normalized spacial score (nSPS) is 10.5. The number of ether oxygens (including phenoxy) is 1. The lowest BCUT2D eigenvalue weighted by Crippen LogP contribution is -1.82. The second-order valence-corrected chi connectivity index (χ2v) is 2.87. The van der Waals surface area contributed by atoms with Crippen LogP contribution in [0.3, 0.4) is 0 Å². The van der Waals surface area contributed by atoms with Crippen LogP contribution in [0.5, 0.6) is 5.75 Å². The summed E-state index contributed by atoms with van der Waals surface area (Å²) in [6, 6.07) is 6.65. The van der Waals surface area contributed by atoms with Crippen LogP contribution in [0.1, 0.15) is 0 Å². The van der Waals surface area contributed by atoms with Crippen molar-refractivity contribution in [1.29, 1.82) is 0 Å². The van der Waals surface area contributed by atoms with Gasteiger partial charge in [0, 0.05) is 23.7 Å². The van der Waals surface area contributed by atoms with Gasteiger partial charge < -0.3 is 9.72 Å². The number of aromatic amines is 1. The third-order valence-electron chi connectivity index (χ3n) is 1.74. The van der Waals surface area contributed by atoms with Crippen LogP contribution in [0.2, 0.25) is 5.02 Å². The molecule has 1 aromatic heterocycles. The first-order chi connectivity index (χ1) is 5.81. The Bertz CT molecular complexity index is 408. The monoisotopic (exact) mass is 180 g/mol. The van der Waals surface area contributed by atoms with Gasteiger partial charge in [-0.05, 0) is 6.07 Å². The molecule has 2 rings (SSSR count). The van der Waals surface area contributed by atoms with Crippen molar-refractivity contribution in [3.05, 3.63) is 29.4 Å². The molecule has 0 saturated carbocycles. The first-order valence-electron chi connectivity index (χ1n) is 3.53. The molecule has 0 aliphatic carbocycles. The Labute approximate surface area is 75.1 Å². The van der Waals surface area contributed by atoms with Crippen molar-refractivity contribution < 1.29 is 4.74 Å². The minimum Gasteiger partial charge on any atom is -0.497 e. The van der Waals surface area contributed by atoms with Gasteiger partial charge in [0.25, 0.3) is 0 Å². The van der Waals surface area contributed by atoms with Crippen molar-refractivity contribution in [1.82, 2.24) is 4.98 Å². The van der Waals surface area contributed by atoms with Gasteiger partial charge in [-0.1, -0.05) is 11.6 Å². The number of H-pyrrole nitrogens is 1. The smallest absolute Gasteiger partial charge is 0.122 e. The molecule has 0 aliphatic rings. The van der Waals surface area contributed by atoms with Gasteiger partial charge >= 0.3 is 0 Å². The standard InChI is InChI=1S/C9H7ClNO/c1-12-6-4-8(10)7-2-3-11-9(7)5-6/h3-5,11H,1H3. The second-order valence-electron chi connectivity index (χ2n) is 2.46. The van der Waals surface area contributed by atoms with Crippen LogP contribution in [0.15, 0.2) is 18.3 Å². The van der Waals surface area contributed by atoms with Gasteiger partial charge in [-0.2, -0.15) is 0 Å². The van der Waals surface area contributed by atoms with Crippen LogP contribution in [0, 0.1) is 6.07 Å². The first-order valence-corrected chi connectivity index (χ1v) is 3.91.